The number of hydrogen-bond acceptors (Lipinski definition) is 5. The second kappa shape index (κ2) is 4.54. The maximum absolute atomic E-state index is 9.01. The summed E-state index contributed by atoms with van der Waals surface area (Å²) in [7, 11) is 0. The highest BCUT2D eigenvalue weighted by Crippen LogP contribution is 2.34. The van der Waals surface area contributed by atoms with Crippen molar-refractivity contribution < 1.29 is 0 Å². The van der Waals surface area contributed by atoms with Crippen LogP contribution in [0.15, 0.2) is 42.9 Å². The number of thiophene rings is 1. The topological polar surface area (TPSA) is 82.7 Å². The third-order valence-corrected chi connectivity index (χ3v) is 4.31. The molecule has 0 saturated heterocycles. The van der Waals surface area contributed by atoms with E-state index in [1.807, 2.05) is 47.1 Å². The number of fused-ring (bicyclic) bond motifs is 1. The first-order valence-corrected chi connectivity index (χ1v) is 7.01. The van der Waals surface area contributed by atoms with Gasteiger partial charge in [0.1, 0.15) is 17.4 Å². The van der Waals surface area contributed by atoms with Crippen LogP contribution < -0.4 is 0 Å². The molecule has 7 heteroatoms. The summed E-state index contributed by atoms with van der Waals surface area (Å²) in [6, 6.07) is 10.0. The van der Waals surface area contributed by atoms with Gasteiger partial charge in [-0.25, -0.2) is 4.98 Å². The van der Waals surface area contributed by atoms with E-state index in [1.54, 1.807) is 17.5 Å². The summed E-state index contributed by atoms with van der Waals surface area (Å²) in [5, 5.41) is 19.4. The molecule has 0 bridgehead atoms. The predicted molar refractivity (Wildman–Crippen MR) is 78.6 cm³/mol. The molecule has 0 aliphatic rings. The molecule has 0 spiro atoms. The maximum atomic E-state index is 9.01. The highest BCUT2D eigenvalue weighted by atomic mass is 32.1. The lowest BCUT2D eigenvalue weighted by atomic mass is 10.2. The minimum Gasteiger partial charge on any atom is -0.306 e. The van der Waals surface area contributed by atoms with Crippen LogP contribution in [0.5, 0.6) is 0 Å². The predicted octanol–water partition coefficient (Wildman–Crippen LogP) is 2.72. The minimum absolute atomic E-state index is 0.313. The molecule has 4 rings (SSSR count). The number of H-pyrrole nitrogens is 1. The van der Waals surface area contributed by atoms with Crippen LogP contribution in [0.4, 0.5) is 0 Å². The molecule has 100 valence electrons. The third-order valence-electron chi connectivity index (χ3n) is 3.17. The van der Waals surface area contributed by atoms with E-state index in [0.717, 1.165) is 21.0 Å². The molecule has 0 saturated carbocycles. The Kier molecular flexibility index (Phi) is 2.55. The number of imidazole rings is 1. The monoisotopic (exact) mass is 292 g/mol. The van der Waals surface area contributed by atoms with E-state index in [0.29, 0.717) is 11.4 Å². The molecule has 0 amide bonds. The molecule has 0 atom stereocenters. The lowest BCUT2D eigenvalue weighted by molar-refractivity contribution is 0.937. The second-order valence-electron chi connectivity index (χ2n) is 4.41. The molecule has 0 aromatic carbocycles. The number of aromatic amines is 1. The first kappa shape index (κ1) is 11.8. The summed E-state index contributed by atoms with van der Waals surface area (Å²) < 4.78 is 1.98. The van der Waals surface area contributed by atoms with Gasteiger partial charge in [0.15, 0.2) is 5.69 Å². The fraction of sp³-hybridized carbons (Fsp3) is 0. The zero-order chi connectivity index (χ0) is 14.2. The molecule has 21 heavy (non-hydrogen) atoms. The van der Waals surface area contributed by atoms with Crippen LogP contribution in [0.25, 0.3) is 26.7 Å². The fourth-order valence-corrected chi connectivity index (χ4v) is 3.15. The molecular formula is C14H8N6S. The standard InChI is InChI=1S/C14H8N6S/c15-7-10-14(18-19-17-10)12-3-2-11(21-12)9-1-4-13-16-5-6-20(13)8-9/h1-6,8H,(H,17,18,19). The van der Waals surface area contributed by atoms with Crippen molar-refractivity contribution in [2.24, 2.45) is 0 Å². The Morgan fingerprint density at radius 3 is 2.95 bits per heavy atom. The number of nitrogens with one attached hydrogen (secondary N) is 1. The second-order valence-corrected chi connectivity index (χ2v) is 5.49. The smallest absolute Gasteiger partial charge is 0.191 e. The average molecular weight is 292 g/mol. The number of pyridine rings is 1. The van der Waals surface area contributed by atoms with Crippen molar-refractivity contribution in [2.75, 3.05) is 0 Å². The Hall–Kier alpha value is -2.98. The van der Waals surface area contributed by atoms with Crippen molar-refractivity contribution in [3.8, 4) is 27.1 Å². The minimum atomic E-state index is 0.313. The SMILES string of the molecule is N#Cc1n[nH]nc1-c1ccc(-c2ccc3nccn3c2)s1. The summed E-state index contributed by atoms with van der Waals surface area (Å²) in [4.78, 5) is 6.25. The first-order valence-electron chi connectivity index (χ1n) is 6.19. The van der Waals surface area contributed by atoms with Gasteiger partial charge in [-0.3, -0.25) is 0 Å². The highest BCUT2D eigenvalue weighted by Gasteiger charge is 2.13. The molecule has 0 radical (unpaired) electrons. The zero-order valence-corrected chi connectivity index (χ0v) is 11.5. The van der Waals surface area contributed by atoms with Gasteiger partial charge in [0.05, 0.1) is 4.88 Å². The Balaban J connectivity index is 1.79. The van der Waals surface area contributed by atoms with Gasteiger partial charge in [-0.05, 0) is 24.3 Å². The molecule has 0 fully saturated rings. The van der Waals surface area contributed by atoms with E-state index in [1.165, 1.54) is 0 Å². The van der Waals surface area contributed by atoms with Gasteiger partial charge < -0.3 is 4.40 Å². The van der Waals surface area contributed by atoms with Crippen LogP contribution in [-0.4, -0.2) is 24.8 Å². The molecule has 0 unspecified atom stereocenters. The van der Waals surface area contributed by atoms with Crippen molar-refractivity contribution in [3.63, 3.8) is 0 Å². The van der Waals surface area contributed by atoms with Gasteiger partial charge in [0, 0.05) is 29.0 Å². The molecule has 4 aromatic rings. The van der Waals surface area contributed by atoms with Gasteiger partial charge in [-0.1, -0.05) is 0 Å². The van der Waals surface area contributed by atoms with Gasteiger partial charge in [0.25, 0.3) is 0 Å². The highest BCUT2D eigenvalue weighted by molar-refractivity contribution is 7.18. The van der Waals surface area contributed by atoms with Crippen LogP contribution in [-0.2, 0) is 0 Å². The van der Waals surface area contributed by atoms with Crippen molar-refractivity contribution in [2.45, 2.75) is 0 Å². The summed E-state index contributed by atoms with van der Waals surface area (Å²) in [5.41, 5.74) is 2.92. The van der Waals surface area contributed by atoms with Gasteiger partial charge in [0.2, 0.25) is 0 Å². The van der Waals surface area contributed by atoms with Crippen molar-refractivity contribution >= 4 is 17.0 Å². The summed E-state index contributed by atoms with van der Waals surface area (Å²) in [6.07, 6.45) is 5.72. The maximum Gasteiger partial charge on any atom is 0.191 e. The summed E-state index contributed by atoms with van der Waals surface area (Å²) in [5.74, 6) is 0. The Bertz CT molecular complexity index is 971. The summed E-state index contributed by atoms with van der Waals surface area (Å²) in [6.45, 7) is 0. The Morgan fingerprint density at radius 1 is 1.14 bits per heavy atom. The van der Waals surface area contributed by atoms with E-state index >= 15 is 0 Å². The molecule has 1 N–H and O–H groups in total. The first-order chi connectivity index (χ1) is 10.3. The lowest BCUT2D eigenvalue weighted by Crippen LogP contribution is -1.83. The van der Waals surface area contributed by atoms with Gasteiger partial charge in [-0.15, -0.1) is 16.4 Å². The van der Waals surface area contributed by atoms with Crippen molar-refractivity contribution in [1.29, 1.82) is 5.26 Å². The van der Waals surface area contributed by atoms with E-state index in [-0.39, 0.29) is 0 Å². The molecule has 0 aliphatic carbocycles. The number of hydrogen-bond donors (Lipinski definition) is 1. The van der Waals surface area contributed by atoms with Gasteiger partial charge >= 0.3 is 0 Å². The van der Waals surface area contributed by atoms with E-state index < -0.39 is 0 Å². The Morgan fingerprint density at radius 2 is 2.05 bits per heavy atom. The Labute approximate surface area is 123 Å². The molecule has 0 aliphatic heterocycles. The number of aromatic nitrogens is 5. The number of rotatable bonds is 2. The molecule has 6 nitrogen and oxygen atoms in total. The molecule has 4 heterocycles. The van der Waals surface area contributed by atoms with Crippen molar-refractivity contribution in [1.82, 2.24) is 24.8 Å². The van der Waals surface area contributed by atoms with E-state index in [4.69, 9.17) is 5.26 Å². The normalized spacial score (nSPS) is 10.8. The van der Waals surface area contributed by atoms with Crippen LogP contribution in [0, 0.1) is 11.3 Å². The number of nitriles is 1. The van der Waals surface area contributed by atoms with E-state index in [2.05, 4.69) is 20.4 Å². The lowest BCUT2D eigenvalue weighted by Gasteiger charge is -1.99. The zero-order valence-electron chi connectivity index (χ0n) is 10.7. The third kappa shape index (κ3) is 1.89. The number of nitrogens with zero attached hydrogens (tertiary/aromatic N) is 5. The van der Waals surface area contributed by atoms with Crippen LogP contribution in [0.1, 0.15) is 5.69 Å². The van der Waals surface area contributed by atoms with E-state index in [9.17, 15) is 0 Å². The molecular weight excluding hydrogens is 284 g/mol. The van der Waals surface area contributed by atoms with Crippen LogP contribution in [0.3, 0.4) is 0 Å². The average Bonchev–Trinajstić information content (AvgIpc) is 3.24. The summed E-state index contributed by atoms with van der Waals surface area (Å²) >= 11 is 1.58. The van der Waals surface area contributed by atoms with Crippen molar-refractivity contribution in [3.05, 3.63) is 48.5 Å². The quantitative estimate of drug-likeness (QED) is 0.615. The van der Waals surface area contributed by atoms with Crippen LogP contribution in [0.2, 0.25) is 0 Å². The van der Waals surface area contributed by atoms with Crippen LogP contribution >= 0.6 is 11.3 Å². The van der Waals surface area contributed by atoms with Gasteiger partial charge in [-0.2, -0.15) is 15.6 Å². The fourth-order valence-electron chi connectivity index (χ4n) is 2.17. The largest absolute Gasteiger partial charge is 0.306 e. The molecule has 4 aromatic heterocycles.